The van der Waals surface area contributed by atoms with Crippen molar-refractivity contribution >= 4 is 55.5 Å². The lowest BCUT2D eigenvalue weighted by atomic mass is 9.66. The van der Waals surface area contributed by atoms with Gasteiger partial charge in [-0.25, -0.2) is 0 Å². The van der Waals surface area contributed by atoms with Crippen molar-refractivity contribution in [2.75, 3.05) is 0 Å². The number of furan rings is 1. The van der Waals surface area contributed by atoms with E-state index in [1.807, 2.05) is 24.0 Å². The first-order chi connectivity index (χ1) is 35.2. The molecule has 0 radical (unpaired) electrons. The number of aromatic nitrogens is 3. The van der Waals surface area contributed by atoms with E-state index in [1.165, 1.54) is 76.4 Å². The van der Waals surface area contributed by atoms with Crippen molar-refractivity contribution in [2.24, 2.45) is 0 Å². The molecule has 0 fully saturated rings. The molecule has 0 amide bonds. The Bertz CT molecular complexity index is 4480. The van der Waals surface area contributed by atoms with Crippen molar-refractivity contribution in [3.8, 4) is 50.5 Å². The van der Waals surface area contributed by atoms with Gasteiger partial charge in [-0.3, -0.25) is 9.97 Å². The Hall–Kier alpha value is -8.77. The molecule has 3 aliphatic carbocycles. The minimum atomic E-state index is -0.690. The van der Waals surface area contributed by atoms with Gasteiger partial charge in [0.25, 0.3) is 0 Å². The fourth-order valence-electron chi connectivity index (χ4n) is 13.6. The normalized spacial score (nSPS) is 16.0. The third-order valence-corrected chi connectivity index (χ3v) is 17.5. The van der Waals surface area contributed by atoms with Gasteiger partial charge < -0.3 is 8.98 Å². The third kappa shape index (κ3) is 4.64. The van der Waals surface area contributed by atoms with Crippen molar-refractivity contribution < 1.29 is 4.42 Å². The molecule has 4 aromatic heterocycles. The molecule has 0 N–H and O–H groups in total. The van der Waals surface area contributed by atoms with Crippen LogP contribution in [0.25, 0.3) is 94.2 Å². The number of hydrogen-bond acceptors (Lipinski definition) is 4. The minimum Gasteiger partial charge on any atom is -0.456 e. The molecule has 1 aliphatic heterocycles. The molecule has 0 saturated heterocycles. The van der Waals surface area contributed by atoms with Gasteiger partial charge in [-0.1, -0.05) is 157 Å². The van der Waals surface area contributed by atoms with Gasteiger partial charge in [0.1, 0.15) is 11.2 Å². The molecule has 1 atom stereocenters. The predicted octanol–water partition coefficient (Wildman–Crippen LogP) is 16.3. The fourth-order valence-corrected chi connectivity index (χ4v) is 14.8. The highest BCUT2D eigenvalue weighted by Gasteiger charge is 2.56. The Kier molecular flexibility index (Phi) is 7.25. The average molecular weight is 920 g/mol. The predicted molar refractivity (Wildman–Crippen MR) is 287 cm³/mol. The molecule has 4 nitrogen and oxygen atoms in total. The summed E-state index contributed by atoms with van der Waals surface area (Å²) in [4.78, 5) is 13.2. The summed E-state index contributed by atoms with van der Waals surface area (Å²) in [5.41, 5.74) is 23.5. The Morgan fingerprint density at radius 2 is 1.01 bits per heavy atom. The molecular formula is C66H37N3OS. The van der Waals surface area contributed by atoms with E-state index in [9.17, 15) is 0 Å². The summed E-state index contributed by atoms with van der Waals surface area (Å²) < 4.78 is 8.87. The van der Waals surface area contributed by atoms with Gasteiger partial charge in [-0.2, -0.15) is 0 Å². The number of hydrogen-bond donors (Lipinski definition) is 0. The monoisotopic (exact) mass is 919 g/mol. The Balaban J connectivity index is 0.926. The van der Waals surface area contributed by atoms with Crippen LogP contribution < -0.4 is 0 Å². The molecule has 13 aromatic rings. The van der Waals surface area contributed by atoms with E-state index in [1.54, 1.807) is 0 Å². The fraction of sp³-hybridized carbons (Fsp3) is 0.0303. The molecule has 1 unspecified atom stereocenters. The number of nitrogens with zero attached hydrogens (tertiary/aromatic N) is 3. The van der Waals surface area contributed by atoms with E-state index in [0.29, 0.717) is 0 Å². The van der Waals surface area contributed by atoms with Crippen LogP contribution in [-0.2, 0) is 10.8 Å². The molecule has 4 aliphatic rings. The van der Waals surface area contributed by atoms with Crippen LogP contribution in [0, 0.1) is 0 Å². The Morgan fingerprint density at radius 1 is 0.366 bits per heavy atom. The number of benzene rings is 9. The molecular weight excluding hydrogens is 883 g/mol. The minimum absolute atomic E-state index is 0.445. The smallest absolute Gasteiger partial charge is 0.136 e. The number of pyridine rings is 2. The van der Waals surface area contributed by atoms with Crippen molar-refractivity contribution in [2.45, 2.75) is 20.6 Å². The van der Waals surface area contributed by atoms with Crippen LogP contribution in [0.4, 0.5) is 0 Å². The maximum atomic E-state index is 6.46. The van der Waals surface area contributed by atoms with Gasteiger partial charge in [-0.15, -0.1) is 0 Å². The largest absolute Gasteiger partial charge is 0.456 e. The first-order valence-electron chi connectivity index (χ1n) is 24.4. The summed E-state index contributed by atoms with van der Waals surface area (Å²) in [5.74, 6) is 0. The summed E-state index contributed by atoms with van der Waals surface area (Å²) in [6, 6.07) is 78.8. The lowest BCUT2D eigenvalue weighted by Crippen LogP contribution is -2.33. The van der Waals surface area contributed by atoms with Gasteiger partial charge in [0.15, 0.2) is 0 Å². The van der Waals surface area contributed by atoms with Gasteiger partial charge in [0.05, 0.1) is 33.3 Å². The highest BCUT2D eigenvalue weighted by molar-refractivity contribution is 7.99. The summed E-state index contributed by atoms with van der Waals surface area (Å²) in [6.45, 7) is 0. The van der Waals surface area contributed by atoms with Gasteiger partial charge in [-0.05, 0) is 133 Å². The molecule has 2 spiro atoms. The number of para-hydroxylation sites is 2. The van der Waals surface area contributed by atoms with Gasteiger partial charge in [0, 0.05) is 60.5 Å². The van der Waals surface area contributed by atoms with E-state index in [4.69, 9.17) is 14.4 Å². The molecule has 328 valence electrons. The second-order valence-electron chi connectivity index (χ2n) is 19.5. The van der Waals surface area contributed by atoms with Crippen molar-refractivity contribution in [1.29, 1.82) is 0 Å². The Morgan fingerprint density at radius 3 is 1.82 bits per heavy atom. The van der Waals surface area contributed by atoms with E-state index >= 15 is 0 Å². The lowest BCUT2D eigenvalue weighted by molar-refractivity contribution is 0.669. The van der Waals surface area contributed by atoms with Gasteiger partial charge in [0.2, 0.25) is 0 Å². The Labute approximate surface area is 412 Å². The van der Waals surface area contributed by atoms with Crippen molar-refractivity contribution in [3.05, 3.63) is 269 Å². The topological polar surface area (TPSA) is 43.9 Å². The molecule has 17 rings (SSSR count). The molecule has 0 saturated carbocycles. The molecule has 5 heteroatoms. The van der Waals surface area contributed by atoms with E-state index < -0.39 is 10.8 Å². The van der Waals surface area contributed by atoms with Gasteiger partial charge >= 0.3 is 0 Å². The van der Waals surface area contributed by atoms with Crippen molar-refractivity contribution in [3.63, 3.8) is 0 Å². The van der Waals surface area contributed by atoms with Crippen LogP contribution in [-0.4, -0.2) is 14.5 Å². The highest BCUT2D eigenvalue weighted by Crippen LogP contribution is 2.67. The molecule has 5 heterocycles. The van der Waals surface area contributed by atoms with Crippen LogP contribution in [0.2, 0.25) is 0 Å². The zero-order valence-corrected chi connectivity index (χ0v) is 38.8. The lowest BCUT2D eigenvalue weighted by Gasteiger charge is -2.40. The number of fused-ring (bicyclic) bond motifs is 25. The van der Waals surface area contributed by atoms with Crippen LogP contribution in [0.1, 0.15) is 44.5 Å². The molecule has 0 bridgehead atoms. The third-order valence-electron chi connectivity index (χ3n) is 16.4. The van der Waals surface area contributed by atoms with E-state index in [-0.39, 0.29) is 0 Å². The average Bonchev–Trinajstić information content (AvgIpc) is 4.20. The summed E-state index contributed by atoms with van der Waals surface area (Å²) in [6.07, 6.45) is 3.99. The quantitative estimate of drug-likeness (QED) is 0.173. The standard InChI is InChI=1S/C66H37N3OS/c1-2-15-40(16-3-1)69-57-32-38(28-29-44(57)47-35-60-48(34-58(47)69)45-20-7-12-26-59(45)70-60)39-31-56-64(68-37-39)63-53(25-14-30-67-63)66(56)52-24-11-13-27-61(52)71-62-36-54-46(33-55(62)66)43-19-6-10-23-51(43)65(54)49-21-8-4-17-41(49)42-18-5-9-22-50(42)65/h1-37H. The second kappa shape index (κ2) is 13.5. The van der Waals surface area contributed by atoms with Crippen LogP contribution in [0.3, 0.4) is 0 Å². The summed E-state index contributed by atoms with van der Waals surface area (Å²) in [7, 11) is 0. The molecule has 9 aromatic carbocycles. The molecule has 71 heavy (non-hydrogen) atoms. The zero-order valence-electron chi connectivity index (χ0n) is 38.0. The van der Waals surface area contributed by atoms with Crippen molar-refractivity contribution in [1.82, 2.24) is 14.5 Å². The number of rotatable bonds is 2. The second-order valence-corrected chi connectivity index (χ2v) is 20.6. The van der Waals surface area contributed by atoms with E-state index in [0.717, 1.165) is 72.1 Å². The maximum Gasteiger partial charge on any atom is 0.136 e. The summed E-state index contributed by atoms with van der Waals surface area (Å²) in [5, 5.41) is 4.56. The SMILES string of the molecule is c1ccc(-n2c3cc(-c4cnc5c(c4)C4(c6ccccc6Sc6cc7c(cc64)-c4ccccc4C74c6ccccc6-c6ccccc64)c4cccnc4-5)ccc3c3cc4oc5ccccc5c4cc32)cc1. The summed E-state index contributed by atoms with van der Waals surface area (Å²) >= 11 is 1.90. The van der Waals surface area contributed by atoms with E-state index in [2.05, 4.69) is 217 Å². The van der Waals surface area contributed by atoms with Crippen LogP contribution >= 0.6 is 11.8 Å². The first kappa shape index (κ1) is 38.1. The maximum absolute atomic E-state index is 6.46. The zero-order chi connectivity index (χ0) is 46.2. The van der Waals surface area contributed by atoms with Crippen LogP contribution in [0.5, 0.6) is 0 Å². The first-order valence-corrected chi connectivity index (χ1v) is 25.2. The van der Waals surface area contributed by atoms with Crippen LogP contribution in [0.15, 0.2) is 239 Å². The highest BCUT2D eigenvalue weighted by atomic mass is 32.2.